The zero-order valence-corrected chi connectivity index (χ0v) is 6.33. The number of rotatable bonds is 4. The fraction of sp³-hybridized carbons (Fsp3) is 0.375. The van der Waals surface area contributed by atoms with Crippen LogP contribution in [0.3, 0.4) is 0 Å². The summed E-state index contributed by atoms with van der Waals surface area (Å²) in [5.41, 5.74) is 1.01. The Kier molecular flexibility index (Phi) is 5.44. The zero-order chi connectivity index (χ0) is 7.82. The number of hydrogen-bond donors (Lipinski definition) is 0. The fourth-order valence-electron chi connectivity index (χ4n) is 0.572. The van der Waals surface area contributed by atoms with Crippen molar-refractivity contribution in [3.63, 3.8) is 0 Å². The second-order valence-electron chi connectivity index (χ2n) is 1.77. The normalized spacial score (nSPS) is 12.0. The molecule has 0 aliphatic carbocycles. The second-order valence-corrected chi connectivity index (χ2v) is 1.77. The van der Waals surface area contributed by atoms with Crippen LogP contribution >= 0.6 is 0 Å². The van der Waals surface area contributed by atoms with E-state index in [0.717, 1.165) is 5.57 Å². The van der Waals surface area contributed by atoms with Gasteiger partial charge in [0.2, 0.25) is 0 Å². The van der Waals surface area contributed by atoms with Crippen molar-refractivity contribution in [1.29, 1.82) is 0 Å². The average molecular weight is 140 g/mol. The zero-order valence-electron chi connectivity index (χ0n) is 6.33. The fourth-order valence-corrected chi connectivity index (χ4v) is 0.572. The number of carbonyl (C=O) groups excluding carboxylic acids is 1. The molecular formula is C8H12O2. The van der Waals surface area contributed by atoms with Crippen molar-refractivity contribution in [2.24, 2.45) is 0 Å². The first kappa shape index (κ1) is 8.95. The topological polar surface area (TPSA) is 26.3 Å². The van der Waals surface area contributed by atoms with Gasteiger partial charge in [-0.3, -0.25) is 4.79 Å². The monoisotopic (exact) mass is 140 g/mol. The first-order valence-corrected chi connectivity index (χ1v) is 3.18. The molecule has 0 aromatic carbocycles. The lowest BCUT2D eigenvalue weighted by molar-refractivity contribution is -0.127. The van der Waals surface area contributed by atoms with Crippen molar-refractivity contribution in [1.82, 2.24) is 0 Å². The number of carbonyl (C=O) groups is 1. The van der Waals surface area contributed by atoms with Gasteiger partial charge in [-0.15, -0.1) is 0 Å². The van der Waals surface area contributed by atoms with Crippen LogP contribution < -0.4 is 0 Å². The summed E-state index contributed by atoms with van der Waals surface area (Å²) in [4.78, 5) is 9.76. The van der Waals surface area contributed by atoms with Gasteiger partial charge >= 0.3 is 0 Å². The van der Waals surface area contributed by atoms with Crippen molar-refractivity contribution >= 4 is 6.47 Å². The standard InChI is InChI=1S/C8H12O2/c1-3-5-8(4-2)6-10-7-9/h3-5,7H,6H2,1-2H3/b5-3-,8-4+. The second kappa shape index (κ2) is 6.08. The maximum atomic E-state index is 9.76. The highest BCUT2D eigenvalue weighted by molar-refractivity contribution is 5.38. The first-order valence-electron chi connectivity index (χ1n) is 3.18. The first-order chi connectivity index (χ1) is 4.85. The van der Waals surface area contributed by atoms with E-state index in [1.54, 1.807) is 0 Å². The molecule has 0 spiro atoms. The molecule has 0 aliphatic heterocycles. The molecule has 10 heavy (non-hydrogen) atoms. The molecule has 0 N–H and O–H groups in total. The van der Waals surface area contributed by atoms with Gasteiger partial charge in [-0.05, 0) is 19.4 Å². The van der Waals surface area contributed by atoms with Crippen LogP contribution in [-0.4, -0.2) is 13.1 Å². The summed E-state index contributed by atoms with van der Waals surface area (Å²) >= 11 is 0. The Morgan fingerprint density at radius 2 is 2.20 bits per heavy atom. The Hall–Kier alpha value is -1.05. The molecule has 0 aromatic heterocycles. The Morgan fingerprint density at radius 1 is 1.50 bits per heavy atom. The van der Waals surface area contributed by atoms with Crippen molar-refractivity contribution < 1.29 is 9.53 Å². The summed E-state index contributed by atoms with van der Waals surface area (Å²) in [6, 6.07) is 0. The van der Waals surface area contributed by atoms with Crippen molar-refractivity contribution in [2.75, 3.05) is 6.61 Å². The van der Waals surface area contributed by atoms with Crippen LogP contribution in [0.1, 0.15) is 13.8 Å². The Bertz CT molecular complexity index is 145. The predicted molar refractivity (Wildman–Crippen MR) is 40.6 cm³/mol. The van der Waals surface area contributed by atoms with Gasteiger partial charge in [-0.25, -0.2) is 0 Å². The van der Waals surface area contributed by atoms with Crippen LogP contribution in [0.25, 0.3) is 0 Å². The third-order valence-corrected chi connectivity index (χ3v) is 1.07. The quantitative estimate of drug-likeness (QED) is 0.438. The third-order valence-electron chi connectivity index (χ3n) is 1.07. The van der Waals surface area contributed by atoms with Gasteiger partial charge in [0, 0.05) is 0 Å². The molecule has 0 fully saturated rings. The molecule has 0 atom stereocenters. The molecule has 0 saturated carbocycles. The van der Waals surface area contributed by atoms with Gasteiger partial charge in [0.1, 0.15) is 6.61 Å². The lowest BCUT2D eigenvalue weighted by Gasteiger charge is -1.96. The van der Waals surface area contributed by atoms with E-state index in [1.165, 1.54) is 0 Å². The highest BCUT2D eigenvalue weighted by Gasteiger charge is 1.87. The molecule has 0 aliphatic rings. The van der Waals surface area contributed by atoms with Gasteiger partial charge < -0.3 is 4.74 Å². The molecular weight excluding hydrogens is 128 g/mol. The van der Waals surface area contributed by atoms with Crippen LogP contribution in [0.2, 0.25) is 0 Å². The minimum atomic E-state index is 0.365. The SMILES string of the molecule is C/C=C\C(=C/C)COC=O. The maximum Gasteiger partial charge on any atom is 0.293 e. The molecule has 0 unspecified atom stereocenters. The summed E-state index contributed by atoms with van der Waals surface area (Å²) < 4.78 is 4.54. The van der Waals surface area contributed by atoms with Gasteiger partial charge in [0.05, 0.1) is 0 Å². The predicted octanol–water partition coefficient (Wildman–Crippen LogP) is 1.68. The van der Waals surface area contributed by atoms with Crippen LogP contribution in [0, 0.1) is 0 Å². The smallest absolute Gasteiger partial charge is 0.293 e. The molecule has 56 valence electrons. The molecule has 2 nitrogen and oxygen atoms in total. The molecule has 0 rings (SSSR count). The molecule has 0 radical (unpaired) electrons. The van der Waals surface area contributed by atoms with E-state index in [9.17, 15) is 4.79 Å². The summed E-state index contributed by atoms with van der Waals surface area (Å²) in [6.07, 6.45) is 5.72. The summed E-state index contributed by atoms with van der Waals surface area (Å²) in [5, 5.41) is 0. The van der Waals surface area contributed by atoms with E-state index >= 15 is 0 Å². The van der Waals surface area contributed by atoms with E-state index in [0.29, 0.717) is 13.1 Å². The number of hydrogen-bond acceptors (Lipinski definition) is 2. The van der Waals surface area contributed by atoms with Crippen molar-refractivity contribution in [3.05, 3.63) is 23.8 Å². The van der Waals surface area contributed by atoms with Gasteiger partial charge in [0.25, 0.3) is 6.47 Å². The third kappa shape index (κ3) is 3.89. The highest BCUT2D eigenvalue weighted by Crippen LogP contribution is 1.95. The molecule has 0 amide bonds. The summed E-state index contributed by atoms with van der Waals surface area (Å²) in [5.74, 6) is 0. The van der Waals surface area contributed by atoms with Crippen LogP contribution in [-0.2, 0) is 9.53 Å². The number of ether oxygens (including phenoxy) is 1. The lowest BCUT2D eigenvalue weighted by atomic mass is 10.2. The van der Waals surface area contributed by atoms with E-state index < -0.39 is 0 Å². The van der Waals surface area contributed by atoms with E-state index in [4.69, 9.17) is 0 Å². The highest BCUT2D eigenvalue weighted by atomic mass is 16.5. The Balaban J connectivity index is 3.73. The molecule has 0 saturated heterocycles. The molecule has 0 heterocycles. The summed E-state index contributed by atoms with van der Waals surface area (Å²) in [7, 11) is 0. The largest absolute Gasteiger partial charge is 0.463 e. The molecule has 2 heteroatoms. The van der Waals surface area contributed by atoms with Gasteiger partial charge in [0.15, 0.2) is 0 Å². The lowest BCUT2D eigenvalue weighted by Crippen LogP contribution is -1.92. The van der Waals surface area contributed by atoms with Crippen LogP contribution in [0.15, 0.2) is 23.8 Å². The van der Waals surface area contributed by atoms with Crippen molar-refractivity contribution in [3.8, 4) is 0 Å². The number of allylic oxidation sites excluding steroid dienone is 2. The minimum absolute atomic E-state index is 0.365. The molecule has 0 bridgehead atoms. The Morgan fingerprint density at radius 3 is 2.60 bits per heavy atom. The van der Waals surface area contributed by atoms with E-state index in [2.05, 4.69) is 4.74 Å². The minimum Gasteiger partial charge on any atom is -0.463 e. The average Bonchev–Trinajstić information content (AvgIpc) is 1.98. The summed E-state index contributed by atoms with van der Waals surface area (Å²) in [6.45, 7) is 4.64. The van der Waals surface area contributed by atoms with E-state index in [-0.39, 0.29) is 0 Å². The maximum absolute atomic E-state index is 9.76. The van der Waals surface area contributed by atoms with E-state index in [1.807, 2.05) is 32.1 Å². The Labute approximate surface area is 61.2 Å². The van der Waals surface area contributed by atoms with Gasteiger partial charge in [-0.2, -0.15) is 0 Å². The molecule has 0 aromatic rings. The van der Waals surface area contributed by atoms with Gasteiger partial charge in [-0.1, -0.05) is 18.2 Å². The van der Waals surface area contributed by atoms with Crippen LogP contribution in [0.4, 0.5) is 0 Å². The van der Waals surface area contributed by atoms with Crippen molar-refractivity contribution in [2.45, 2.75) is 13.8 Å². The van der Waals surface area contributed by atoms with Crippen LogP contribution in [0.5, 0.6) is 0 Å².